The van der Waals surface area contributed by atoms with E-state index in [1.807, 2.05) is 0 Å². The van der Waals surface area contributed by atoms with Gasteiger partial charge >= 0.3 is 0 Å². The predicted octanol–water partition coefficient (Wildman–Crippen LogP) is 1.92. The van der Waals surface area contributed by atoms with Gasteiger partial charge in [-0.05, 0) is 57.7 Å². The Morgan fingerprint density at radius 2 is 2.25 bits per heavy atom. The van der Waals surface area contributed by atoms with Gasteiger partial charge in [0.1, 0.15) is 0 Å². The van der Waals surface area contributed by atoms with Gasteiger partial charge in [-0.2, -0.15) is 4.39 Å². The lowest BCUT2D eigenvalue weighted by molar-refractivity contribution is 0.0210. The Balaban J connectivity index is 1.37. The van der Waals surface area contributed by atoms with E-state index in [1.54, 1.807) is 6.07 Å². The van der Waals surface area contributed by atoms with Crippen molar-refractivity contribution in [3.63, 3.8) is 0 Å². The summed E-state index contributed by atoms with van der Waals surface area (Å²) >= 11 is 0. The molecule has 1 aliphatic carbocycles. The van der Waals surface area contributed by atoms with Gasteiger partial charge in [0, 0.05) is 50.1 Å². The largest absolute Gasteiger partial charge is 0.380 e. The Labute approximate surface area is 166 Å². The van der Waals surface area contributed by atoms with Gasteiger partial charge in [-0.15, -0.1) is 0 Å². The van der Waals surface area contributed by atoms with E-state index in [-0.39, 0.29) is 17.5 Å². The summed E-state index contributed by atoms with van der Waals surface area (Å²) in [5.41, 5.74) is 0.272. The molecule has 1 aromatic heterocycles. The number of rotatable bonds is 7. The fourth-order valence-electron chi connectivity index (χ4n) is 4.74. The minimum Gasteiger partial charge on any atom is -0.380 e. The number of hydrogen-bond donors (Lipinski definition) is 1. The first-order valence-corrected chi connectivity index (χ1v) is 10.5. The highest BCUT2D eigenvalue weighted by Gasteiger charge is 2.49. The van der Waals surface area contributed by atoms with Crippen LogP contribution in [-0.4, -0.2) is 78.7 Å². The average molecular weight is 391 g/mol. The van der Waals surface area contributed by atoms with E-state index in [4.69, 9.17) is 4.74 Å². The van der Waals surface area contributed by atoms with Crippen LogP contribution in [0.5, 0.6) is 0 Å². The summed E-state index contributed by atoms with van der Waals surface area (Å²) < 4.78 is 19.2. The van der Waals surface area contributed by atoms with E-state index in [2.05, 4.69) is 27.1 Å². The number of pyridine rings is 1. The zero-order chi connectivity index (χ0) is 19.6. The summed E-state index contributed by atoms with van der Waals surface area (Å²) in [6.07, 6.45) is 7.08. The molecule has 2 aliphatic heterocycles. The molecule has 1 N–H and O–H groups in total. The topological polar surface area (TPSA) is 57.7 Å². The zero-order valence-electron chi connectivity index (χ0n) is 16.7. The normalized spacial score (nSPS) is 28.7. The van der Waals surface area contributed by atoms with Crippen LogP contribution < -0.4 is 5.32 Å². The number of amides is 1. The highest BCUT2D eigenvalue weighted by atomic mass is 19.1. The number of nitrogens with one attached hydrogen (secondary N) is 1. The molecule has 28 heavy (non-hydrogen) atoms. The summed E-state index contributed by atoms with van der Waals surface area (Å²) in [5, 5.41) is 3.19. The molecule has 0 radical (unpaired) electrons. The number of piperidine rings is 1. The monoisotopic (exact) mass is 390 g/mol. The number of halogens is 1. The maximum absolute atomic E-state index is 13.4. The number of nitrogens with zero attached hydrogens (tertiary/aromatic N) is 3. The highest BCUT2D eigenvalue weighted by Crippen LogP contribution is 2.36. The Morgan fingerprint density at radius 3 is 3.04 bits per heavy atom. The first kappa shape index (κ1) is 19.7. The number of ether oxygens (including phenoxy) is 1. The fourth-order valence-corrected chi connectivity index (χ4v) is 4.74. The molecule has 2 atom stereocenters. The van der Waals surface area contributed by atoms with Gasteiger partial charge in [0.05, 0.1) is 12.1 Å². The van der Waals surface area contributed by atoms with Gasteiger partial charge in [0.2, 0.25) is 5.95 Å². The molecule has 3 heterocycles. The second kappa shape index (κ2) is 8.43. The Morgan fingerprint density at radius 1 is 1.39 bits per heavy atom. The Bertz CT molecular complexity index is 699. The number of carbonyl (C=O) groups is 1. The van der Waals surface area contributed by atoms with Crippen LogP contribution in [0.15, 0.2) is 18.3 Å². The van der Waals surface area contributed by atoms with E-state index in [1.165, 1.54) is 25.1 Å². The molecule has 2 unspecified atom stereocenters. The molecule has 154 valence electrons. The van der Waals surface area contributed by atoms with Crippen molar-refractivity contribution in [1.82, 2.24) is 20.1 Å². The van der Waals surface area contributed by atoms with E-state index in [9.17, 15) is 9.18 Å². The third kappa shape index (κ3) is 4.36. The van der Waals surface area contributed by atoms with Gasteiger partial charge in [0.15, 0.2) is 0 Å². The zero-order valence-corrected chi connectivity index (χ0v) is 16.7. The molecule has 0 bridgehead atoms. The van der Waals surface area contributed by atoms with Gasteiger partial charge in [-0.3, -0.25) is 14.6 Å². The molecule has 4 rings (SSSR count). The molecule has 1 aromatic rings. The van der Waals surface area contributed by atoms with Gasteiger partial charge in [-0.25, -0.2) is 4.98 Å². The van der Waals surface area contributed by atoms with Crippen LogP contribution in [0.4, 0.5) is 4.39 Å². The molecule has 1 saturated carbocycles. The fraction of sp³-hybridized carbons (Fsp3) is 0.714. The summed E-state index contributed by atoms with van der Waals surface area (Å²) in [4.78, 5) is 21.1. The molecule has 1 spiro atoms. The van der Waals surface area contributed by atoms with Crippen molar-refractivity contribution in [1.29, 1.82) is 0 Å². The van der Waals surface area contributed by atoms with E-state index >= 15 is 0 Å². The number of hydrogen-bond acceptors (Lipinski definition) is 5. The standard InChI is InChI=1S/C21H31FN4O2/c1-25-10-6-18(24-20(27)17-5-8-23-19(22)13-17)21(25)7-2-9-26(15-21)11-12-28-14-16-3-4-16/h5,8,13,16,18H,2-4,6-7,9-12,14-15H2,1H3,(H,24,27). The molecule has 3 fully saturated rings. The van der Waals surface area contributed by atoms with Crippen LogP contribution in [0, 0.1) is 11.9 Å². The maximum atomic E-state index is 13.4. The second-order valence-corrected chi connectivity index (χ2v) is 8.61. The molecule has 3 aliphatic rings. The minimum absolute atomic E-state index is 0.0595. The first-order valence-electron chi connectivity index (χ1n) is 10.5. The predicted molar refractivity (Wildman–Crippen MR) is 105 cm³/mol. The number of likely N-dealkylation sites (N-methyl/N-ethyl adjacent to an activating group) is 1. The summed E-state index contributed by atoms with van der Waals surface area (Å²) in [7, 11) is 2.16. The third-order valence-corrected chi connectivity index (χ3v) is 6.64. The van der Waals surface area contributed by atoms with E-state index in [0.29, 0.717) is 5.56 Å². The summed E-state index contributed by atoms with van der Waals surface area (Å²) in [6.45, 7) is 5.61. The van der Waals surface area contributed by atoms with Crippen LogP contribution >= 0.6 is 0 Å². The Kier molecular flexibility index (Phi) is 5.94. The summed E-state index contributed by atoms with van der Waals surface area (Å²) in [5.74, 6) is -0.0434. The number of aromatic nitrogens is 1. The SMILES string of the molecule is CN1CCC(NC(=O)c2ccnc(F)c2)C12CCCN(CCOCC1CC1)C2. The van der Waals surface area contributed by atoms with Crippen LogP contribution in [-0.2, 0) is 4.74 Å². The average Bonchev–Trinajstić information content (AvgIpc) is 3.48. The molecular formula is C21H31FN4O2. The minimum atomic E-state index is -0.624. The smallest absolute Gasteiger partial charge is 0.251 e. The maximum Gasteiger partial charge on any atom is 0.251 e. The van der Waals surface area contributed by atoms with Crippen LogP contribution in [0.1, 0.15) is 42.5 Å². The van der Waals surface area contributed by atoms with Crippen molar-refractivity contribution < 1.29 is 13.9 Å². The quantitative estimate of drug-likeness (QED) is 0.569. The molecule has 6 nitrogen and oxygen atoms in total. The Hall–Kier alpha value is -1.57. The molecule has 2 saturated heterocycles. The van der Waals surface area contributed by atoms with Crippen molar-refractivity contribution in [2.75, 3.05) is 46.4 Å². The molecular weight excluding hydrogens is 359 g/mol. The van der Waals surface area contributed by atoms with Gasteiger partial charge < -0.3 is 10.1 Å². The van der Waals surface area contributed by atoms with E-state index in [0.717, 1.165) is 64.6 Å². The summed E-state index contributed by atoms with van der Waals surface area (Å²) in [6, 6.07) is 2.83. The molecule has 7 heteroatoms. The van der Waals surface area contributed by atoms with E-state index < -0.39 is 5.95 Å². The van der Waals surface area contributed by atoms with Crippen molar-refractivity contribution in [3.8, 4) is 0 Å². The number of carbonyl (C=O) groups excluding carboxylic acids is 1. The van der Waals surface area contributed by atoms with Crippen LogP contribution in [0.3, 0.4) is 0 Å². The second-order valence-electron chi connectivity index (χ2n) is 8.61. The lowest BCUT2D eigenvalue weighted by atomic mass is 9.82. The first-order chi connectivity index (χ1) is 13.6. The molecule has 0 aromatic carbocycles. The van der Waals surface area contributed by atoms with Crippen molar-refractivity contribution >= 4 is 5.91 Å². The van der Waals surface area contributed by atoms with Crippen molar-refractivity contribution in [3.05, 3.63) is 29.8 Å². The molecule has 1 amide bonds. The highest BCUT2D eigenvalue weighted by molar-refractivity contribution is 5.94. The van der Waals surface area contributed by atoms with Gasteiger partial charge in [0.25, 0.3) is 5.91 Å². The van der Waals surface area contributed by atoms with Crippen molar-refractivity contribution in [2.24, 2.45) is 5.92 Å². The third-order valence-electron chi connectivity index (χ3n) is 6.64. The lowest BCUT2D eigenvalue weighted by Crippen LogP contribution is -2.63. The lowest BCUT2D eigenvalue weighted by Gasteiger charge is -2.48. The van der Waals surface area contributed by atoms with Gasteiger partial charge in [-0.1, -0.05) is 0 Å². The van der Waals surface area contributed by atoms with Crippen molar-refractivity contribution in [2.45, 2.75) is 43.7 Å². The number of likely N-dealkylation sites (tertiary alicyclic amines) is 2. The van der Waals surface area contributed by atoms with Crippen LogP contribution in [0.25, 0.3) is 0 Å². The van der Waals surface area contributed by atoms with Crippen LogP contribution in [0.2, 0.25) is 0 Å².